The Kier molecular flexibility index (Phi) is 5.84. The molecule has 3 rings (SSSR count). The van der Waals surface area contributed by atoms with Crippen LogP contribution in [0.3, 0.4) is 0 Å². The van der Waals surface area contributed by atoms with Crippen molar-refractivity contribution in [3.63, 3.8) is 0 Å². The molecule has 136 valence electrons. The highest BCUT2D eigenvalue weighted by molar-refractivity contribution is 7.16. The molecule has 0 aliphatic rings. The highest BCUT2D eigenvalue weighted by atomic mass is 35.5. The van der Waals surface area contributed by atoms with Crippen LogP contribution in [-0.4, -0.2) is 18.7 Å². The Morgan fingerprint density at radius 3 is 2.56 bits per heavy atom. The highest BCUT2D eigenvalue weighted by Crippen LogP contribution is 2.22. The molecule has 27 heavy (non-hydrogen) atoms. The van der Waals surface area contributed by atoms with Crippen LogP contribution in [0, 0.1) is 0 Å². The fourth-order valence-corrected chi connectivity index (χ4v) is 3.54. The van der Waals surface area contributed by atoms with Gasteiger partial charge in [0.15, 0.2) is 11.6 Å². The monoisotopic (exact) mass is 398 g/mol. The van der Waals surface area contributed by atoms with Gasteiger partial charge in [-0.05, 0) is 53.4 Å². The maximum Gasteiger partial charge on any atom is 0.243 e. The molecular formula is C21H15ClO4S. The van der Waals surface area contributed by atoms with Gasteiger partial charge in [-0.1, -0.05) is 41.1 Å². The van der Waals surface area contributed by atoms with E-state index in [9.17, 15) is 14.4 Å². The largest absolute Gasteiger partial charge is 0.497 e. The van der Waals surface area contributed by atoms with Crippen LogP contribution >= 0.6 is 22.9 Å². The maximum absolute atomic E-state index is 12.4. The first-order chi connectivity index (χ1) is 13.0. The van der Waals surface area contributed by atoms with Crippen molar-refractivity contribution in [2.24, 2.45) is 0 Å². The summed E-state index contributed by atoms with van der Waals surface area (Å²) in [6, 6.07) is 13.8. The summed E-state index contributed by atoms with van der Waals surface area (Å²) in [4.78, 5) is 36.7. The third-order valence-corrected chi connectivity index (χ3v) is 5.14. The molecule has 0 radical (unpaired) electrons. The number of benzene rings is 2. The Bertz CT molecular complexity index is 1100. The Hall–Kier alpha value is -2.76. The standard InChI is InChI=1S/C21H15ClO4S/c1-26-17-7-3-13(4-8-17)2-6-16(23)12-19(24)18-11-14-10-15(22)5-9-20(14)27-21(18)25/h2-11H,12H2,1H3/b6-2+. The zero-order valence-electron chi connectivity index (χ0n) is 14.4. The van der Waals surface area contributed by atoms with Gasteiger partial charge in [0.1, 0.15) is 5.75 Å². The number of ketones is 2. The molecule has 0 aliphatic carbocycles. The summed E-state index contributed by atoms with van der Waals surface area (Å²) < 4.78 is 5.46. The Morgan fingerprint density at radius 1 is 1.11 bits per heavy atom. The van der Waals surface area contributed by atoms with E-state index in [0.717, 1.165) is 21.6 Å². The fourth-order valence-electron chi connectivity index (χ4n) is 2.51. The smallest absolute Gasteiger partial charge is 0.243 e. The number of carbonyl (C=O) groups excluding carboxylic acids is 2. The van der Waals surface area contributed by atoms with Crippen LogP contribution in [-0.2, 0) is 4.79 Å². The first-order valence-electron chi connectivity index (χ1n) is 8.08. The lowest BCUT2D eigenvalue weighted by atomic mass is 10.1. The van der Waals surface area contributed by atoms with Crippen LogP contribution in [0.4, 0.5) is 0 Å². The first-order valence-corrected chi connectivity index (χ1v) is 9.27. The van der Waals surface area contributed by atoms with Gasteiger partial charge in [-0.3, -0.25) is 14.4 Å². The van der Waals surface area contributed by atoms with Gasteiger partial charge in [0, 0.05) is 9.72 Å². The molecule has 0 amide bonds. The van der Waals surface area contributed by atoms with Crippen LogP contribution in [0.1, 0.15) is 22.3 Å². The van der Waals surface area contributed by atoms with Crippen molar-refractivity contribution in [3.8, 4) is 5.75 Å². The molecule has 0 spiro atoms. The number of hydrogen-bond donors (Lipinski definition) is 0. The molecule has 0 N–H and O–H groups in total. The SMILES string of the molecule is COc1ccc(/C=C/C(=O)CC(=O)c2cc3cc(Cl)ccc3sc2=O)cc1. The lowest BCUT2D eigenvalue weighted by molar-refractivity contribution is -0.113. The molecule has 2 aromatic carbocycles. The van der Waals surface area contributed by atoms with Gasteiger partial charge in [-0.15, -0.1) is 0 Å². The summed E-state index contributed by atoms with van der Waals surface area (Å²) in [5.74, 6) is -0.150. The number of hydrogen-bond acceptors (Lipinski definition) is 5. The lowest BCUT2D eigenvalue weighted by Gasteiger charge is -2.02. The van der Waals surface area contributed by atoms with Crippen LogP contribution in [0.25, 0.3) is 16.2 Å². The second-order valence-electron chi connectivity index (χ2n) is 5.80. The Labute approximate surface area is 164 Å². The van der Waals surface area contributed by atoms with Crippen molar-refractivity contribution in [3.05, 3.63) is 80.3 Å². The predicted octanol–water partition coefficient (Wildman–Crippen LogP) is 4.78. The van der Waals surface area contributed by atoms with E-state index >= 15 is 0 Å². The molecule has 6 heteroatoms. The van der Waals surface area contributed by atoms with E-state index in [2.05, 4.69) is 0 Å². The molecule has 0 aliphatic heterocycles. The molecule has 0 unspecified atom stereocenters. The highest BCUT2D eigenvalue weighted by Gasteiger charge is 2.15. The van der Waals surface area contributed by atoms with Crippen LogP contribution in [0.5, 0.6) is 5.75 Å². The summed E-state index contributed by atoms with van der Waals surface area (Å²) in [6.45, 7) is 0. The van der Waals surface area contributed by atoms with Crippen LogP contribution < -0.4 is 9.48 Å². The molecule has 4 nitrogen and oxygen atoms in total. The van der Waals surface area contributed by atoms with Crippen molar-refractivity contribution >= 4 is 50.7 Å². The van der Waals surface area contributed by atoms with Crippen molar-refractivity contribution in [2.45, 2.75) is 6.42 Å². The van der Waals surface area contributed by atoms with Crippen molar-refractivity contribution < 1.29 is 14.3 Å². The summed E-state index contributed by atoms with van der Waals surface area (Å²) in [5, 5.41) is 1.22. The molecular weight excluding hydrogens is 384 g/mol. The first kappa shape index (κ1) is 19.0. The van der Waals surface area contributed by atoms with Gasteiger partial charge in [0.25, 0.3) is 0 Å². The molecule has 0 bridgehead atoms. The molecule has 0 fully saturated rings. The molecule has 0 atom stereocenters. The van der Waals surface area contributed by atoms with Crippen molar-refractivity contribution in [1.29, 1.82) is 0 Å². The second kappa shape index (κ2) is 8.29. The normalized spacial score (nSPS) is 11.0. The lowest BCUT2D eigenvalue weighted by Crippen LogP contribution is -2.14. The average molecular weight is 399 g/mol. The van der Waals surface area contributed by atoms with Gasteiger partial charge in [-0.25, -0.2) is 0 Å². The molecule has 0 saturated heterocycles. The second-order valence-corrected chi connectivity index (χ2v) is 7.25. The van der Waals surface area contributed by atoms with Gasteiger partial charge < -0.3 is 4.74 Å². The van der Waals surface area contributed by atoms with Gasteiger partial charge in [0.05, 0.1) is 19.1 Å². The van der Waals surface area contributed by atoms with Gasteiger partial charge in [0.2, 0.25) is 4.74 Å². The van der Waals surface area contributed by atoms with Crippen molar-refractivity contribution in [1.82, 2.24) is 0 Å². The minimum Gasteiger partial charge on any atom is -0.497 e. The number of ether oxygens (including phenoxy) is 1. The quantitative estimate of drug-likeness (QED) is 0.340. The summed E-state index contributed by atoms with van der Waals surface area (Å²) in [6.07, 6.45) is 2.60. The van der Waals surface area contributed by atoms with Crippen LogP contribution in [0.15, 0.2) is 59.4 Å². The summed E-state index contributed by atoms with van der Waals surface area (Å²) >= 11 is 6.93. The summed E-state index contributed by atoms with van der Waals surface area (Å²) in [5.41, 5.74) is 0.824. The van der Waals surface area contributed by atoms with E-state index in [0.29, 0.717) is 16.2 Å². The van der Waals surface area contributed by atoms with E-state index in [1.165, 1.54) is 12.1 Å². The van der Waals surface area contributed by atoms with Crippen LogP contribution in [0.2, 0.25) is 5.02 Å². The Morgan fingerprint density at radius 2 is 1.85 bits per heavy atom. The van der Waals surface area contributed by atoms with E-state index in [1.54, 1.807) is 55.7 Å². The van der Waals surface area contributed by atoms with E-state index in [-0.39, 0.29) is 22.5 Å². The number of fused-ring (bicyclic) bond motifs is 1. The number of halogens is 1. The predicted molar refractivity (Wildman–Crippen MR) is 109 cm³/mol. The minimum atomic E-state index is -0.498. The molecule has 0 saturated carbocycles. The van der Waals surface area contributed by atoms with E-state index < -0.39 is 5.78 Å². The average Bonchev–Trinajstić information content (AvgIpc) is 2.66. The minimum absolute atomic E-state index is 0.0148. The van der Waals surface area contributed by atoms with E-state index in [4.69, 9.17) is 16.3 Å². The molecule has 1 aromatic heterocycles. The molecule has 1 heterocycles. The summed E-state index contributed by atoms with van der Waals surface area (Å²) in [7, 11) is 1.58. The number of carbonyl (C=O) groups is 2. The number of allylic oxidation sites excluding steroid dienone is 1. The number of methoxy groups -OCH3 is 1. The topological polar surface area (TPSA) is 60.4 Å². The number of rotatable bonds is 6. The zero-order valence-corrected chi connectivity index (χ0v) is 16.0. The third-order valence-electron chi connectivity index (χ3n) is 3.91. The fraction of sp³-hybridized carbons (Fsp3) is 0.0952. The zero-order chi connectivity index (χ0) is 19.4. The van der Waals surface area contributed by atoms with Crippen molar-refractivity contribution in [2.75, 3.05) is 7.11 Å². The third kappa shape index (κ3) is 4.70. The van der Waals surface area contributed by atoms with E-state index in [1.807, 2.05) is 0 Å². The Balaban J connectivity index is 1.75. The molecule has 3 aromatic rings. The van der Waals surface area contributed by atoms with Gasteiger partial charge in [-0.2, -0.15) is 0 Å². The van der Waals surface area contributed by atoms with Gasteiger partial charge >= 0.3 is 0 Å². The maximum atomic E-state index is 12.4. The number of Topliss-reactive ketones (excluding diaryl/α,β-unsaturated/α-hetero) is 1.